The smallest absolute Gasteiger partial charge is 0.0410 e. The Morgan fingerprint density at radius 2 is 2.12 bits per heavy atom. The number of halogens is 2. The third kappa shape index (κ3) is 3.58. The molecule has 1 aliphatic carbocycles. The fourth-order valence-corrected chi connectivity index (χ4v) is 3.65. The van der Waals surface area contributed by atoms with Crippen LogP contribution in [-0.4, -0.2) is 7.05 Å². The molecule has 1 aliphatic rings. The molecule has 17 heavy (non-hydrogen) atoms. The highest BCUT2D eigenvalue weighted by atomic mass is 127. The van der Waals surface area contributed by atoms with E-state index in [4.69, 9.17) is 11.6 Å². The van der Waals surface area contributed by atoms with Crippen molar-refractivity contribution in [1.82, 2.24) is 5.32 Å². The van der Waals surface area contributed by atoms with Crippen molar-refractivity contribution in [3.05, 3.63) is 32.4 Å². The minimum atomic E-state index is 0.448. The summed E-state index contributed by atoms with van der Waals surface area (Å²) >= 11 is 8.51. The van der Waals surface area contributed by atoms with Crippen molar-refractivity contribution < 1.29 is 0 Å². The van der Waals surface area contributed by atoms with Crippen molar-refractivity contribution in [1.29, 1.82) is 0 Å². The van der Waals surface area contributed by atoms with Gasteiger partial charge in [0.25, 0.3) is 0 Å². The van der Waals surface area contributed by atoms with Gasteiger partial charge in [-0.15, -0.1) is 0 Å². The van der Waals surface area contributed by atoms with Gasteiger partial charge >= 0.3 is 0 Å². The van der Waals surface area contributed by atoms with Gasteiger partial charge in [-0.1, -0.05) is 37.3 Å². The summed E-state index contributed by atoms with van der Waals surface area (Å²) < 4.78 is 1.31. The summed E-state index contributed by atoms with van der Waals surface area (Å²) in [5.41, 5.74) is 1.35. The minimum Gasteiger partial charge on any atom is -0.313 e. The van der Waals surface area contributed by atoms with Gasteiger partial charge < -0.3 is 5.32 Å². The fourth-order valence-electron chi connectivity index (χ4n) is 2.76. The SMILES string of the molecule is CNC(CC1CCCC1)c1cc(Cl)ccc1I. The van der Waals surface area contributed by atoms with Crippen molar-refractivity contribution in [2.45, 2.75) is 38.1 Å². The van der Waals surface area contributed by atoms with Gasteiger partial charge in [-0.05, 0) is 65.7 Å². The van der Waals surface area contributed by atoms with E-state index in [9.17, 15) is 0 Å². The van der Waals surface area contributed by atoms with Gasteiger partial charge in [0.1, 0.15) is 0 Å². The Balaban J connectivity index is 2.13. The highest BCUT2D eigenvalue weighted by molar-refractivity contribution is 14.1. The maximum Gasteiger partial charge on any atom is 0.0410 e. The number of benzene rings is 1. The Morgan fingerprint density at radius 1 is 1.41 bits per heavy atom. The zero-order valence-corrected chi connectivity index (χ0v) is 13.1. The zero-order valence-electron chi connectivity index (χ0n) is 10.2. The highest BCUT2D eigenvalue weighted by Gasteiger charge is 2.21. The molecule has 1 atom stereocenters. The lowest BCUT2D eigenvalue weighted by atomic mass is 9.94. The predicted molar refractivity (Wildman–Crippen MR) is 82.5 cm³/mol. The molecule has 1 nitrogen and oxygen atoms in total. The monoisotopic (exact) mass is 363 g/mol. The lowest BCUT2D eigenvalue weighted by Crippen LogP contribution is -2.20. The van der Waals surface area contributed by atoms with Gasteiger partial charge in [0.05, 0.1) is 0 Å². The molecule has 0 heterocycles. The molecule has 1 aromatic carbocycles. The van der Waals surface area contributed by atoms with Crippen molar-refractivity contribution in [2.75, 3.05) is 7.05 Å². The molecule has 0 bridgehead atoms. The van der Waals surface area contributed by atoms with Crippen LogP contribution in [0.3, 0.4) is 0 Å². The normalized spacial score (nSPS) is 18.5. The quantitative estimate of drug-likeness (QED) is 0.759. The minimum absolute atomic E-state index is 0.448. The molecule has 1 aromatic rings. The van der Waals surface area contributed by atoms with Gasteiger partial charge in [-0.3, -0.25) is 0 Å². The first-order chi connectivity index (χ1) is 8.20. The van der Waals surface area contributed by atoms with Gasteiger partial charge in [0.2, 0.25) is 0 Å². The molecule has 0 radical (unpaired) electrons. The molecule has 0 amide bonds. The lowest BCUT2D eigenvalue weighted by molar-refractivity contribution is 0.412. The van der Waals surface area contributed by atoms with Crippen LogP contribution in [0.1, 0.15) is 43.7 Å². The van der Waals surface area contributed by atoms with Crippen molar-refractivity contribution in [3.8, 4) is 0 Å². The maximum absolute atomic E-state index is 6.10. The largest absolute Gasteiger partial charge is 0.313 e. The molecule has 0 aliphatic heterocycles. The molecule has 1 N–H and O–H groups in total. The van der Waals surface area contributed by atoms with Crippen LogP contribution in [0.2, 0.25) is 5.02 Å². The summed E-state index contributed by atoms with van der Waals surface area (Å²) in [4.78, 5) is 0. The summed E-state index contributed by atoms with van der Waals surface area (Å²) in [6, 6.07) is 6.63. The van der Waals surface area contributed by atoms with Gasteiger partial charge in [-0.25, -0.2) is 0 Å². The van der Waals surface area contributed by atoms with Crippen LogP contribution >= 0.6 is 34.2 Å². The van der Waals surface area contributed by atoms with E-state index in [0.29, 0.717) is 6.04 Å². The van der Waals surface area contributed by atoms with Crippen molar-refractivity contribution >= 4 is 34.2 Å². The summed E-state index contributed by atoms with van der Waals surface area (Å²) in [5.74, 6) is 0.891. The summed E-state index contributed by atoms with van der Waals surface area (Å²) in [6.07, 6.45) is 6.86. The molecule has 94 valence electrons. The van der Waals surface area contributed by atoms with Gasteiger partial charge in [-0.2, -0.15) is 0 Å². The number of hydrogen-bond donors (Lipinski definition) is 1. The molecule has 1 saturated carbocycles. The molecule has 2 rings (SSSR count). The van der Waals surface area contributed by atoms with Gasteiger partial charge in [0, 0.05) is 14.6 Å². The molecular weight excluding hydrogens is 345 g/mol. The number of nitrogens with one attached hydrogen (secondary N) is 1. The van der Waals surface area contributed by atoms with E-state index in [-0.39, 0.29) is 0 Å². The average Bonchev–Trinajstić information content (AvgIpc) is 2.82. The molecule has 1 unspecified atom stereocenters. The maximum atomic E-state index is 6.10. The molecule has 0 saturated heterocycles. The molecule has 0 spiro atoms. The third-order valence-electron chi connectivity index (χ3n) is 3.73. The van der Waals surface area contributed by atoms with Crippen LogP contribution in [0.5, 0.6) is 0 Å². The van der Waals surface area contributed by atoms with Crippen LogP contribution in [0.25, 0.3) is 0 Å². The summed E-state index contributed by atoms with van der Waals surface area (Å²) in [6.45, 7) is 0. The molecule has 1 fully saturated rings. The van der Waals surface area contributed by atoms with E-state index in [0.717, 1.165) is 10.9 Å². The van der Waals surface area contributed by atoms with Crippen LogP contribution in [0.4, 0.5) is 0 Å². The van der Waals surface area contributed by atoms with E-state index >= 15 is 0 Å². The second-order valence-electron chi connectivity index (χ2n) is 4.89. The molecular formula is C14H19ClIN. The number of rotatable bonds is 4. The van der Waals surface area contributed by atoms with Crippen LogP contribution in [0, 0.1) is 9.49 Å². The fraction of sp³-hybridized carbons (Fsp3) is 0.571. The lowest BCUT2D eigenvalue weighted by Gasteiger charge is -2.22. The predicted octanol–water partition coefficient (Wildman–Crippen LogP) is 4.79. The van der Waals surface area contributed by atoms with Crippen molar-refractivity contribution in [3.63, 3.8) is 0 Å². The van der Waals surface area contributed by atoms with E-state index < -0.39 is 0 Å². The third-order valence-corrected chi connectivity index (χ3v) is 4.94. The summed E-state index contributed by atoms with van der Waals surface area (Å²) in [7, 11) is 2.05. The van der Waals surface area contributed by atoms with Crippen LogP contribution in [0.15, 0.2) is 18.2 Å². The van der Waals surface area contributed by atoms with E-state index in [1.54, 1.807) is 0 Å². The number of hydrogen-bond acceptors (Lipinski definition) is 1. The first kappa shape index (κ1) is 13.6. The Bertz CT molecular complexity index is 374. The average molecular weight is 364 g/mol. The van der Waals surface area contributed by atoms with Crippen molar-refractivity contribution in [2.24, 2.45) is 5.92 Å². The Labute approximate surface area is 122 Å². The van der Waals surface area contributed by atoms with E-state index in [1.165, 1.54) is 41.2 Å². The van der Waals surface area contributed by atoms with E-state index in [2.05, 4.69) is 47.1 Å². The Hall–Kier alpha value is 0.200. The topological polar surface area (TPSA) is 12.0 Å². The highest BCUT2D eigenvalue weighted by Crippen LogP contribution is 2.34. The molecule has 3 heteroatoms. The summed E-state index contributed by atoms with van der Waals surface area (Å²) in [5, 5.41) is 4.29. The molecule has 0 aromatic heterocycles. The zero-order chi connectivity index (χ0) is 12.3. The second-order valence-corrected chi connectivity index (χ2v) is 6.49. The van der Waals surface area contributed by atoms with Gasteiger partial charge in [0.15, 0.2) is 0 Å². The van der Waals surface area contributed by atoms with Crippen LogP contribution in [-0.2, 0) is 0 Å². The first-order valence-electron chi connectivity index (χ1n) is 6.33. The standard InChI is InChI=1S/C14H19ClIN/c1-17-14(8-10-4-2-3-5-10)12-9-11(15)6-7-13(12)16/h6-7,9-10,14,17H,2-5,8H2,1H3. The van der Waals surface area contributed by atoms with Crippen LogP contribution < -0.4 is 5.32 Å². The second kappa shape index (κ2) is 6.39. The Kier molecular flexibility index (Phi) is 5.12. The first-order valence-corrected chi connectivity index (χ1v) is 7.78. The van der Waals surface area contributed by atoms with E-state index in [1.807, 2.05) is 6.07 Å². The Morgan fingerprint density at radius 3 is 2.76 bits per heavy atom.